The summed E-state index contributed by atoms with van der Waals surface area (Å²) in [5.41, 5.74) is 13.2. The molecule has 0 unspecified atom stereocenters. The topological polar surface area (TPSA) is 58.1 Å². The standard InChI is InChI=1S/C54H39N7O.Pt/c1-35-15-12-25-47-51(35)56-53-60(47)46-28-27-40(33-49(46)61(53)50-31-36(29-30-55-50)54(2,3)4)62-39-19-13-18-38(32-39)57-34-58(45-24-11-10-23-44(45)57)48-26-14-21-42-41-20-8-9-22-43(41)59(52(42)48)37-16-6-5-7-17-37;/h5-31H,1-4H3;/q-2;. The van der Waals surface area contributed by atoms with Crippen LogP contribution in [0.15, 0.2) is 164 Å². The maximum atomic E-state index is 6.64. The summed E-state index contributed by atoms with van der Waals surface area (Å²) >= 11 is 0. The average Bonchev–Trinajstić information content (AvgIpc) is 4.05. The molecule has 0 saturated heterocycles. The third-order valence-electron chi connectivity index (χ3n) is 12.0. The molecule has 0 bridgehead atoms. The molecule has 12 aromatic rings. The normalized spacial score (nSPS) is 12.0. The monoisotopic (exact) mass is 996 g/mol. The number of imidazole rings is 3. The molecule has 0 radical (unpaired) electrons. The fourth-order valence-corrected chi connectivity index (χ4v) is 8.99. The van der Waals surface area contributed by atoms with Crippen LogP contribution in [0.25, 0.3) is 83.6 Å². The van der Waals surface area contributed by atoms with Crippen LogP contribution in [0.5, 0.6) is 11.5 Å². The van der Waals surface area contributed by atoms with E-state index in [9.17, 15) is 0 Å². The first-order valence-electron chi connectivity index (χ1n) is 20.8. The Morgan fingerprint density at radius 3 is 2.22 bits per heavy atom. The van der Waals surface area contributed by atoms with Crippen LogP contribution in [-0.4, -0.2) is 28.1 Å². The number of aryl methyl sites for hydroxylation is 1. The minimum atomic E-state index is -0.0657. The predicted octanol–water partition coefficient (Wildman–Crippen LogP) is 11.9. The van der Waals surface area contributed by atoms with Gasteiger partial charge >= 0.3 is 0 Å². The number of ether oxygens (including phenoxy) is 1. The number of fused-ring (bicyclic) bond motifs is 9. The van der Waals surface area contributed by atoms with Crippen LogP contribution in [0.3, 0.4) is 0 Å². The van der Waals surface area contributed by atoms with Crippen LogP contribution >= 0.6 is 0 Å². The Morgan fingerprint density at radius 2 is 1.37 bits per heavy atom. The molecule has 7 aromatic carbocycles. The van der Waals surface area contributed by atoms with Crippen LogP contribution in [0.4, 0.5) is 0 Å². The van der Waals surface area contributed by atoms with Crippen molar-refractivity contribution in [2.24, 2.45) is 0 Å². The fraction of sp³-hybridized carbons (Fsp3) is 0.0926. The largest absolute Gasteiger partial charge is 0.510 e. The molecule has 8 nitrogen and oxygen atoms in total. The first-order chi connectivity index (χ1) is 30.3. The zero-order valence-corrected chi connectivity index (χ0v) is 37.2. The van der Waals surface area contributed by atoms with E-state index in [4.69, 9.17) is 14.7 Å². The van der Waals surface area contributed by atoms with E-state index < -0.39 is 0 Å². The van der Waals surface area contributed by atoms with Gasteiger partial charge in [-0.1, -0.05) is 106 Å². The Bertz CT molecular complexity index is 3740. The molecule has 5 aromatic heterocycles. The molecule has 0 saturated carbocycles. The van der Waals surface area contributed by atoms with Gasteiger partial charge < -0.3 is 18.3 Å². The number of para-hydroxylation sites is 6. The summed E-state index contributed by atoms with van der Waals surface area (Å²) in [5.74, 6) is 2.65. The molecule has 9 heteroatoms. The summed E-state index contributed by atoms with van der Waals surface area (Å²) in [6, 6.07) is 61.8. The SMILES string of the molecule is Cc1cccc2c1nc1n(-c3cc(C(C)(C)C)ccn3)c3[c-]c(Oc4[c-]c(-n5[c-][n+](-c6cccc7c8ccccc8n(-c8ccccc8)c67)c6ccccc65)ccc4)ccc3n21.[Pt]. The van der Waals surface area contributed by atoms with Crippen molar-refractivity contribution < 1.29 is 30.4 Å². The molecule has 0 amide bonds. The number of hydrogen-bond donors (Lipinski definition) is 0. The Morgan fingerprint density at radius 1 is 0.635 bits per heavy atom. The summed E-state index contributed by atoms with van der Waals surface area (Å²) < 4.78 is 17.5. The van der Waals surface area contributed by atoms with Gasteiger partial charge in [0, 0.05) is 55.2 Å². The van der Waals surface area contributed by atoms with E-state index in [1.54, 1.807) is 0 Å². The van der Waals surface area contributed by atoms with Crippen molar-refractivity contribution in [2.45, 2.75) is 33.1 Å². The minimum absolute atomic E-state index is 0. The van der Waals surface area contributed by atoms with Gasteiger partial charge in [-0.05, 0) is 82.7 Å². The number of nitrogens with zero attached hydrogens (tertiary/aromatic N) is 7. The van der Waals surface area contributed by atoms with Gasteiger partial charge in [0.15, 0.2) is 0 Å². The van der Waals surface area contributed by atoms with E-state index in [-0.39, 0.29) is 26.5 Å². The van der Waals surface area contributed by atoms with E-state index in [1.165, 1.54) is 16.3 Å². The minimum Gasteiger partial charge on any atom is -0.510 e. The van der Waals surface area contributed by atoms with Crippen molar-refractivity contribution in [1.29, 1.82) is 0 Å². The Balaban J connectivity index is 0.00000444. The number of rotatable bonds is 6. The molecule has 0 N–H and O–H groups in total. The molecule has 0 aliphatic rings. The predicted molar refractivity (Wildman–Crippen MR) is 246 cm³/mol. The van der Waals surface area contributed by atoms with Gasteiger partial charge in [0.25, 0.3) is 6.33 Å². The second kappa shape index (κ2) is 14.7. The Kier molecular flexibility index (Phi) is 9.00. The van der Waals surface area contributed by atoms with E-state index in [1.807, 2.05) is 30.5 Å². The van der Waals surface area contributed by atoms with E-state index in [0.717, 1.165) is 78.4 Å². The molecular weight excluding hydrogens is 958 g/mol. The van der Waals surface area contributed by atoms with E-state index in [0.29, 0.717) is 11.5 Å². The molecule has 0 spiro atoms. The average molecular weight is 997 g/mol. The van der Waals surface area contributed by atoms with Crippen molar-refractivity contribution in [3.05, 3.63) is 194 Å². The molecule has 63 heavy (non-hydrogen) atoms. The first-order valence-corrected chi connectivity index (χ1v) is 20.8. The summed E-state index contributed by atoms with van der Waals surface area (Å²) in [6.07, 6.45) is 5.61. The van der Waals surface area contributed by atoms with Gasteiger partial charge in [0.05, 0.1) is 38.8 Å². The summed E-state index contributed by atoms with van der Waals surface area (Å²) in [5, 5.41) is 2.38. The van der Waals surface area contributed by atoms with Crippen molar-refractivity contribution in [2.75, 3.05) is 0 Å². The van der Waals surface area contributed by atoms with Crippen molar-refractivity contribution in [1.82, 2.24) is 28.1 Å². The molecule has 308 valence electrons. The van der Waals surface area contributed by atoms with Gasteiger partial charge in [-0.25, -0.2) is 9.97 Å². The van der Waals surface area contributed by atoms with E-state index >= 15 is 0 Å². The van der Waals surface area contributed by atoms with Gasteiger partial charge in [-0.2, -0.15) is 12.1 Å². The third kappa shape index (κ3) is 6.11. The van der Waals surface area contributed by atoms with E-state index in [2.05, 4.69) is 202 Å². The quantitative estimate of drug-likeness (QED) is 0.123. The smallest absolute Gasteiger partial charge is 0.268 e. The third-order valence-corrected chi connectivity index (χ3v) is 12.0. The molecule has 0 aliphatic heterocycles. The maximum Gasteiger partial charge on any atom is 0.268 e. The summed E-state index contributed by atoms with van der Waals surface area (Å²) in [7, 11) is 0. The van der Waals surface area contributed by atoms with Gasteiger partial charge in [0.1, 0.15) is 5.82 Å². The molecule has 5 heterocycles. The molecule has 0 aliphatic carbocycles. The molecular formula is C54H39N7OPt-2. The maximum absolute atomic E-state index is 6.64. The molecule has 0 atom stereocenters. The molecule has 12 rings (SSSR count). The first kappa shape index (κ1) is 38.6. The zero-order chi connectivity index (χ0) is 41.7. The van der Waals surface area contributed by atoms with Gasteiger partial charge in [-0.3, -0.25) is 9.13 Å². The van der Waals surface area contributed by atoms with Crippen LogP contribution in [0, 0.1) is 25.4 Å². The van der Waals surface area contributed by atoms with Gasteiger partial charge in [0.2, 0.25) is 5.78 Å². The van der Waals surface area contributed by atoms with Crippen LogP contribution < -0.4 is 9.30 Å². The fourth-order valence-electron chi connectivity index (χ4n) is 8.99. The van der Waals surface area contributed by atoms with Crippen LogP contribution in [-0.2, 0) is 26.5 Å². The number of hydrogen-bond acceptors (Lipinski definition) is 3. The zero-order valence-electron chi connectivity index (χ0n) is 34.9. The number of benzene rings is 7. The van der Waals surface area contributed by atoms with Crippen LogP contribution in [0.2, 0.25) is 0 Å². The summed E-state index contributed by atoms with van der Waals surface area (Å²) in [6.45, 7) is 8.74. The second-order valence-electron chi connectivity index (χ2n) is 16.9. The number of aromatic nitrogens is 7. The van der Waals surface area contributed by atoms with Crippen molar-refractivity contribution in [3.8, 4) is 34.4 Å². The Labute approximate surface area is 378 Å². The van der Waals surface area contributed by atoms with Crippen molar-refractivity contribution >= 4 is 60.7 Å². The summed E-state index contributed by atoms with van der Waals surface area (Å²) in [4.78, 5) is 10.1. The molecule has 0 fully saturated rings. The van der Waals surface area contributed by atoms with Crippen LogP contribution in [0.1, 0.15) is 31.9 Å². The van der Waals surface area contributed by atoms with Gasteiger partial charge in [-0.15, -0.1) is 30.3 Å². The number of pyridine rings is 1. The second-order valence-corrected chi connectivity index (χ2v) is 16.9. The Hall–Kier alpha value is -7.28. The van der Waals surface area contributed by atoms with Crippen molar-refractivity contribution in [3.63, 3.8) is 0 Å².